The molecule has 25 heavy (non-hydrogen) atoms. The molecule has 8 heteroatoms. The van der Waals surface area contributed by atoms with Gasteiger partial charge in [0.25, 0.3) is 0 Å². The van der Waals surface area contributed by atoms with Gasteiger partial charge in [-0.15, -0.1) is 0 Å². The van der Waals surface area contributed by atoms with Crippen molar-refractivity contribution < 1.29 is 13.2 Å². The van der Waals surface area contributed by atoms with Gasteiger partial charge in [0.1, 0.15) is 5.75 Å². The number of carbonyl (C=O) groups is 1. The minimum atomic E-state index is -3.58. The molecule has 0 aliphatic carbocycles. The Balaban J connectivity index is 1.57. The van der Waals surface area contributed by atoms with Crippen molar-refractivity contribution in [3.63, 3.8) is 0 Å². The third-order valence-corrected chi connectivity index (χ3v) is 6.65. The summed E-state index contributed by atoms with van der Waals surface area (Å²) in [7, 11) is -3.58. The van der Waals surface area contributed by atoms with E-state index < -0.39 is 15.8 Å². The monoisotopic (exact) mass is 366 g/mol. The Morgan fingerprint density at radius 3 is 2.52 bits per heavy atom. The van der Waals surface area contributed by atoms with Crippen LogP contribution in [0.3, 0.4) is 0 Å². The summed E-state index contributed by atoms with van der Waals surface area (Å²) in [5.74, 6) is -0.793. The fourth-order valence-corrected chi connectivity index (χ4v) is 4.80. The highest BCUT2D eigenvalue weighted by molar-refractivity contribution is 7.89. The molecule has 0 radical (unpaired) electrons. The van der Waals surface area contributed by atoms with Crippen LogP contribution in [0.2, 0.25) is 0 Å². The Hall–Kier alpha value is -1.64. The molecule has 2 aliphatic heterocycles. The summed E-state index contributed by atoms with van der Waals surface area (Å²) < 4.78 is 26.6. The molecular weight excluding hydrogens is 340 g/mol. The molecular formula is C17H26N4O3S. The Morgan fingerprint density at radius 1 is 1.20 bits per heavy atom. The lowest BCUT2D eigenvalue weighted by atomic mass is 10.2. The number of carbonyl (C=O) groups excluding carboxylic acids is 1. The molecule has 3 rings (SSSR count). The van der Waals surface area contributed by atoms with Crippen molar-refractivity contribution in [2.75, 3.05) is 49.9 Å². The van der Waals surface area contributed by atoms with E-state index in [1.165, 1.54) is 9.87 Å². The number of nitrogens with zero attached hydrogens (tertiary/aromatic N) is 3. The number of sulfonamides is 1. The zero-order valence-corrected chi connectivity index (χ0v) is 15.4. The van der Waals surface area contributed by atoms with Gasteiger partial charge in [0, 0.05) is 51.0 Å². The van der Waals surface area contributed by atoms with Gasteiger partial charge in [0.2, 0.25) is 15.9 Å². The number of hydrogen-bond acceptors (Lipinski definition) is 5. The van der Waals surface area contributed by atoms with Crippen molar-refractivity contribution >= 4 is 21.6 Å². The van der Waals surface area contributed by atoms with Crippen LogP contribution in [0.5, 0.6) is 0 Å². The first-order valence-corrected chi connectivity index (χ1v) is 10.3. The summed E-state index contributed by atoms with van der Waals surface area (Å²) in [6, 6.07) is 8.15. The maximum Gasteiger partial charge on any atom is 0.239 e. The van der Waals surface area contributed by atoms with Gasteiger partial charge in [-0.25, -0.2) is 8.42 Å². The molecule has 0 spiro atoms. The maximum atomic E-state index is 12.6. The molecule has 1 amide bonds. The van der Waals surface area contributed by atoms with Crippen LogP contribution in [0.4, 0.5) is 5.69 Å². The molecule has 0 bridgehead atoms. The summed E-state index contributed by atoms with van der Waals surface area (Å²) >= 11 is 0. The molecule has 2 saturated heterocycles. The Morgan fingerprint density at radius 2 is 1.92 bits per heavy atom. The van der Waals surface area contributed by atoms with Crippen LogP contribution >= 0.6 is 0 Å². The third-order valence-electron chi connectivity index (χ3n) is 4.88. The van der Waals surface area contributed by atoms with Crippen LogP contribution in [0.25, 0.3) is 0 Å². The van der Waals surface area contributed by atoms with E-state index in [1.807, 2.05) is 25.1 Å². The number of aryl methyl sites for hydroxylation is 1. The number of hydrogen-bond donors (Lipinski definition) is 1. The number of likely N-dealkylation sites (tertiary alicyclic amines) is 1. The summed E-state index contributed by atoms with van der Waals surface area (Å²) in [6.45, 7) is 5.12. The minimum Gasteiger partial charge on any atom is -0.369 e. The summed E-state index contributed by atoms with van der Waals surface area (Å²) in [6.07, 6.45) is 0.737. The quantitative estimate of drug-likeness (QED) is 0.811. The van der Waals surface area contributed by atoms with Crippen molar-refractivity contribution in [1.82, 2.24) is 9.21 Å². The van der Waals surface area contributed by atoms with Crippen LogP contribution in [0, 0.1) is 6.92 Å². The van der Waals surface area contributed by atoms with Gasteiger partial charge in [-0.2, -0.15) is 4.31 Å². The van der Waals surface area contributed by atoms with E-state index in [0.29, 0.717) is 39.3 Å². The van der Waals surface area contributed by atoms with Crippen molar-refractivity contribution in [2.45, 2.75) is 19.4 Å². The number of piperazine rings is 1. The van der Waals surface area contributed by atoms with Crippen LogP contribution in [0.1, 0.15) is 12.0 Å². The van der Waals surface area contributed by atoms with Gasteiger partial charge < -0.3 is 15.5 Å². The largest absolute Gasteiger partial charge is 0.369 e. The number of nitrogens with two attached hydrogens (primary N) is 1. The SMILES string of the molecule is Cc1cccc(N2CCN(S(=O)(=O)CC(=O)N3CCC(N)C3)CC2)c1. The normalized spacial score (nSPS) is 22.4. The molecule has 2 aliphatic rings. The average molecular weight is 366 g/mol. The molecule has 7 nitrogen and oxygen atoms in total. The standard InChI is InChI=1S/C17H26N4O3S/c1-14-3-2-4-16(11-14)19-7-9-21(10-8-19)25(23,24)13-17(22)20-6-5-15(18)12-20/h2-4,11,15H,5-10,12-13,18H2,1H3. The zero-order chi connectivity index (χ0) is 18.0. The van der Waals surface area contributed by atoms with E-state index in [9.17, 15) is 13.2 Å². The second kappa shape index (κ2) is 7.31. The van der Waals surface area contributed by atoms with Crippen molar-refractivity contribution in [1.29, 1.82) is 0 Å². The van der Waals surface area contributed by atoms with Gasteiger partial charge in [0.15, 0.2) is 0 Å². The molecule has 1 atom stereocenters. The van der Waals surface area contributed by atoms with Gasteiger partial charge in [0.05, 0.1) is 0 Å². The Labute approximate surface area is 149 Å². The van der Waals surface area contributed by atoms with Gasteiger partial charge in [-0.1, -0.05) is 12.1 Å². The number of benzene rings is 1. The van der Waals surface area contributed by atoms with E-state index >= 15 is 0 Å². The first kappa shape index (κ1) is 18.2. The third kappa shape index (κ3) is 4.31. The van der Waals surface area contributed by atoms with Crippen LogP contribution < -0.4 is 10.6 Å². The molecule has 0 aromatic heterocycles. The molecule has 1 aromatic rings. The molecule has 2 heterocycles. The highest BCUT2D eigenvalue weighted by Gasteiger charge is 2.32. The summed E-state index contributed by atoms with van der Waals surface area (Å²) in [5, 5.41) is 0. The second-order valence-corrected chi connectivity index (χ2v) is 8.84. The summed E-state index contributed by atoms with van der Waals surface area (Å²) in [4.78, 5) is 16.0. The first-order valence-electron chi connectivity index (χ1n) is 8.68. The zero-order valence-electron chi connectivity index (χ0n) is 14.6. The number of anilines is 1. The summed E-state index contributed by atoms with van der Waals surface area (Å²) in [5.41, 5.74) is 8.08. The highest BCUT2D eigenvalue weighted by Crippen LogP contribution is 2.19. The molecule has 2 N–H and O–H groups in total. The van der Waals surface area contributed by atoms with Crippen molar-refractivity contribution in [2.24, 2.45) is 5.73 Å². The van der Waals surface area contributed by atoms with E-state index in [-0.39, 0.29) is 11.9 Å². The maximum absolute atomic E-state index is 12.6. The first-order chi connectivity index (χ1) is 11.8. The second-order valence-electron chi connectivity index (χ2n) is 6.87. The molecule has 1 unspecified atom stereocenters. The molecule has 138 valence electrons. The van der Waals surface area contributed by atoms with Crippen LogP contribution in [0.15, 0.2) is 24.3 Å². The lowest BCUT2D eigenvalue weighted by Crippen LogP contribution is -2.51. The molecule has 0 saturated carbocycles. The van der Waals surface area contributed by atoms with Crippen LogP contribution in [-0.4, -0.2) is 74.6 Å². The Kier molecular flexibility index (Phi) is 5.31. The lowest BCUT2D eigenvalue weighted by molar-refractivity contribution is -0.127. The predicted molar refractivity (Wildman–Crippen MR) is 97.9 cm³/mol. The van der Waals surface area contributed by atoms with E-state index in [4.69, 9.17) is 5.73 Å². The lowest BCUT2D eigenvalue weighted by Gasteiger charge is -2.35. The van der Waals surface area contributed by atoms with E-state index in [1.54, 1.807) is 4.90 Å². The fourth-order valence-electron chi connectivity index (χ4n) is 3.40. The van der Waals surface area contributed by atoms with Gasteiger partial charge in [-0.3, -0.25) is 4.79 Å². The number of rotatable bonds is 4. The Bertz CT molecular complexity index is 729. The van der Waals surface area contributed by atoms with Gasteiger partial charge in [-0.05, 0) is 31.0 Å². The van der Waals surface area contributed by atoms with Crippen LogP contribution in [-0.2, 0) is 14.8 Å². The molecule has 2 fully saturated rings. The predicted octanol–water partition coefficient (Wildman–Crippen LogP) is 0.00642. The van der Waals surface area contributed by atoms with E-state index in [2.05, 4.69) is 11.0 Å². The molecule has 1 aromatic carbocycles. The smallest absolute Gasteiger partial charge is 0.239 e. The average Bonchev–Trinajstić information content (AvgIpc) is 3.01. The van der Waals surface area contributed by atoms with Crippen molar-refractivity contribution in [3.05, 3.63) is 29.8 Å². The van der Waals surface area contributed by atoms with Crippen molar-refractivity contribution in [3.8, 4) is 0 Å². The van der Waals surface area contributed by atoms with Gasteiger partial charge >= 0.3 is 0 Å². The highest BCUT2D eigenvalue weighted by atomic mass is 32.2. The topological polar surface area (TPSA) is 87.0 Å². The van der Waals surface area contributed by atoms with E-state index in [0.717, 1.165) is 12.1 Å². The fraction of sp³-hybridized carbons (Fsp3) is 0.588. The number of amides is 1. The minimum absolute atomic E-state index is 0.0375.